The molecule has 0 saturated carbocycles. The van der Waals surface area contributed by atoms with E-state index in [-0.39, 0.29) is 0 Å². The Morgan fingerprint density at radius 3 is 3.07 bits per heavy atom. The van der Waals surface area contributed by atoms with Crippen molar-refractivity contribution in [1.82, 2.24) is 5.16 Å². The van der Waals surface area contributed by atoms with Crippen LogP contribution in [0.5, 0.6) is 0 Å². The van der Waals surface area contributed by atoms with Gasteiger partial charge < -0.3 is 10.3 Å². The topological polar surface area (TPSA) is 52.0 Å². The van der Waals surface area contributed by atoms with Crippen molar-refractivity contribution in [3.63, 3.8) is 0 Å². The zero-order chi connectivity index (χ0) is 10.8. The van der Waals surface area contributed by atoms with E-state index >= 15 is 0 Å². The largest absolute Gasteiger partial charge is 0.355 e. The molecule has 2 N–H and O–H groups in total. The molecule has 3 nitrogen and oxygen atoms in total. The summed E-state index contributed by atoms with van der Waals surface area (Å²) in [5.41, 5.74) is 7.24. The second kappa shape index (κ2) is 4.43. The van der Waals surface area contributed by atoms with Crippen LogP contribution in [0.15, 0.2) is 21.7 Å². The number of benzene rings is 1. The molecule has 2 aromatic rings. The third-order valence-electron chi connectivity index (χ3n) is 2.16. The normalized spacial score (nSPS) is 11.1. The van der Waals surface area contributed by atoms with Crippen LogP contribution in [0.1, 0.15) is 5.56 Å². The fourth-order valence-electron chi connectivity index (χ4n) is 1.39. The molecule has 1 aromatic heterocycles. The number of hydrogen-bond acceptors (Lipinski definition) is 4. The molecule has 0 radical (unpaired) electrons. The molecule has 0 aliphatic heterocycles. The van der Waals surface area contributed by atoms with Crippen LogP contribution in [0.3, 0.4) is 0 Å². The molecule has 0 aliphatic carbocycles. The molecule has 15 heavy (non-hydrogen) atoms. The van der Waals surface area contributed by atoms with E-state index in [4.69, 9.17) is 21.9 Å². The van der Waals surface area contributed by atoms with Crippen molar-refractivity contribution in [1.29, 1.82) is 0 Å². The van der Waals surface area contributed by atoms with Crippen LogP contribution in [0.2, 0.25) is 5.02 Å². The van der Waals surface area contributed by atoms with Crippen LogP contribution < -0.4 is 5.73 Å². The first-order valence-corrected chi connectivity index (χ1v) is 5.97. The minimum absolute atomic E-state index is 0.624. The number of thioether (sulfide) groups is 1. The Labute approximate surface area is 96.9 Å². The monoisotopic (exact) mass is 242 g/mol. The SMILES string of the molecule is Cc1c(Cl)ccc2onc(SCCN)c12. The number of nitrogens with two attached hydrogens (primary N) is 1. The molecular formula is C10H11ClN2OS. The number of fused-ring (bicyclic) bond motifs is 1. The van der Waals surface area contributed by atoms with Crippen molar-refractivity contribution in [3.05, 3.63) is 22.7 Å². The lowest BCUT2D eigenvalue weighted by molar-refractivity contribution is 0.437. The summed E-state index contributed by atoms with van der Waals surface area (Å²) in [6, 6.07) is 3.66. The third-order valence-corrected chi connectivity index (χ3v) is 3.56. The van der Waals surface area contributed by atoms with Crippen LogP contribution in [0.25, 0.3) is 11.0 Å². The molecule has 5 heteroatoms. The highest BCUT2D eigenvalue weighted by molar-refractivity contribution is 7.99. The molecule has 0 aliphatic rings. The average molecular weight is 243 g/mol. The first kappa shape index (κ1) is 10.8. The summed E-state index contributed by atoms with van der Waals surface area (Å²) >= 11 is 7.64. The molecule has 1 heterocycles. The highest BCUT2D eigenvalue weighted by Gasteiger charge is 2.12. The van der Waals surface area contributed by atoms with E-state index in [1.165, 1.54) is 0 Å². The quantitative estimate of drug-likeness (QED) is 0.841. The van der Waals surface area contributed by atoms with Gasteiger partial charge in [-0.2, -0.15) is 0 Å². The predicted molar refractivity (Wildman–Crippen MR) is 63.5 cm³/mol. The fraction of sp³-hybridized carbons (Fsp3) is 0.300. The van der Waals surface area contributed by atoms with Gasteiger partial charge in [-0.25, -0.2) is 0 Å². The van der Waals surface area contributed by atoms with Gasteiger partial charge in [-0.3, -0.25) is 0 Å². The average Bonchev–Trinajstić information content (AvgIpc) is 2.64. The fourth-order valence-corrected chi connectivity index (χ4v) is 2.35. The van der Waals surface area contributed by atoms with Gasteiger partial charge in [0.25, 0.3) is 0 Å². The smallest absolute Gasteiger partial charge is 0.168 e. The Hall–Kier alpha value is -0.710. The second-order valence-electron chi connectivity index (χ2n) is 3.17. The standard InChI is InChI=1S/C10H11ClN2OS/c1-6-7(11)2-3-8-9(6)10(13-14-8)15-5-4-12/h2-3H,4-5,12H2,1H3. The summed E-state index contributed by atoms with van der Waals surface area (Å²) in [5.74, 6) is 0.827. The number of aromatic nitrogens is 1. The maximum atomic E-state index is 6.05. The van der Waals surface area contributed by atoms with Gasteiger partial charge in [-0.1, -0.05) is 16.8 Å². The first-order valence-electron chi connectivity index (χ1n) is 4.61. The Bertz CT molecular complexity index is 483. The summed E-state index contributed by atoms with van der Waals surface area (Å²) in [5, 5.41) is 6.62. The van der Waals surface area contributed by atoms with Crippen molar-refractivity contribution in [2.24, 2.45) is 5.73 Å². The third kappa shape index (κ3) is 1.97. The summed E-state index contributed by atoms with van der Waals surface area (Å²) in [6.07, 6.45) is 0. The summed E-state index contributed by atoms with van der Waals surface area (Å²) in [6.45, 7) is 2.59. The number of rotatable bonds is 3. The number of hydrogen-bond donors (Lipinski definition) is 1. The van der Waals surface area contributed by atoms with E-state index in [1.54, 1.807) is 11.8 Å². The van der Waals surface area contributed by atoms with Crippen molar-refractivity contribution in [2.45, 2.75) is 11.9 Å². The molecule has 2 rings (SSSR count). The number of halogens is 1. The van der Waals surface area contributed by atoms with Gasteiger partial charge in [0, 0.05) is 17.3 Å². The molecule has 0 spiro atoms. The van der Waals surface area contributed by atoms with E-state index in [1.807, 2.05) is 19.1 Å². The highest BCUT2D eigenvalue weighted by atomic mass is 35.5. The summed E-state index contributed by atoms with van der Waals surface area (Å²) in [7, 11) is 0. The van der Waals surface area contributed by atoms with Crippen molar-refractivity contribution >= 4 is 34.3 Å². The summed E-state index contributed by atoms with van der Waals surface area (Å²) < 4.78 is 5.21. The van der Waals surface area contributed by atoms with Gasteiger partial charge >= 0.3 is 0 Å². The lowest BCUT2D eigenvalue weighted by Crippen LogP contribution is -2.00. The van der Waals surface area contributed by atoms with Crippen LogP contribution in [0.4, 0.5) is 0 Å². The molecule has 0 bridgehead atoms. The van der Waals surface area contributed by atoms with Crippen molar-refractivity contribution < 1.29 is 4.52 Å². The van der Waals surface area contributed by atoms with Crippen LogP contribution in [0, 0.1) is 6.92 Å². The van der Waals surface area contributed by atoms with Gasteiger partial charge in [0.2, 0.25) is 0 Å². The molecule has 1 aromatic carbocycles. The molecule has 0 atom stereocenters. The van der Waals surface area contributed by atoms with Crippen molar-refractivity contribution in [2.75, 3.05) is 12.3 Å². The zero-order valence-corrected chi connectivity index (χ0v) is 9.86. The lowest BCUT2D eigenvalue weighted by Gasteiger charge is -1.99. The first-order chi connectivity index (χ1) is 7.24. The van der Waals surface area contributed by atoms with Gasteiger partial charge in [0.05, 0.1) is 5.39 Å². The Morgan fingerprint density at radius 2 is 2.33 bits per heavy atom. The Morgan fingerprint density at radius 1 is 1.53 bits per heavy atom. The van der Waals surface area contributed by atoms with E-state index in [0.717, 1.165) is 32.3 Å². The molecular weight excluding hydrogens is 232 g/mol. The minimum atomic E-state index is 0.624. The lowest BCUT2D eigenvalue weighted by atomic mass is 10.1. The molecule has 0 saturated heterocycles. The number of nitrogens with zero attached hydrogens (tertiary/aromatic N) is 1. The zero-order valence-electron chi connectivity index (χ0n) is 8.29. The maximum absolute atomic E-state index is 6.05. The van der Waals surface area contributed by atoms with Gasteiger partial charge in [-0.05, 0) is 24.6 Å². The van der Waals surface area contributed by atoms with Gasteiger partial charge in [0.15, 0.2) is 5.58 Å². The van der Waals surface area contributed by atoms with E-state index < -0.39 is 0 Å². The van der Waals surface area contributed by atoms with Gasteiger partial charge in [-0.15, -0.1) is 11.8 Å². The van der Waals surface area contributed by atoms with Crippen LogP contribution in [-0.4, -0.2) is 17.5 Å². The van der Waals surface area contributed by atoms with Crippen LogP contribution in [-0.2, 0) is 0 Å². The highest BCUT2D eigenvalue weighted by Crippen LogP contribution is 2.32. The minimum Gasteiger partial charge on any atom is -0.355 e. The van der Waals surface area contributed by atoms with E-state index in [0.29, 0.717) is 6.54 Å². The van der Waals surface area contributed by atoms with Crippen molar-refractivity contribution in [3.8, 4) is 0 Å². The molecule has 80 valence electrons. The number of aryl methyl sites for hydroxylation is 1. The summed E-state index contributed by atoms with van der Waals surface area (Å²) in [4.78, 5) is 0. The van der Waals surface area contributed by atoms with Crippen LogP contribution >= 0.6 is 23.4 Å². The van der Waals surface area contributed by atoms with E-state index in [9.17, 15) is 0 Å². The van der Waals surface area contributed by atoms with Gasteiger partial charge in [0.1, 0.15) is 5.03 Å². The molecule has 0 fully saturated rings. The Kier molecular flexibility index (Phi) is 3.19. The Balaban J connectivity index is 2.51. The second-order valence-corrected chi connectivity index (χ2v) is 4.66. The predicted octanol–water partition coefficient (Wildman–Crippen LogP) is 2.84. The maximum Gasteiger partial charge on any atom is 0.168 e. The molecule has 0 unspecified atom stereocenters. The van der Waals surface area contributed by atoms with E-state index in [2.05, 4.69) is 5.16 Å². The molecule has 0 amide bonds.